The molecule has 0 amide bonds. The van der Waals surface area contributed by atoms with Crippen molar-refractivity contribution in [2.75, 3.05) is 63.9 Å². The number of piperidine rings is 1. The molecule has 72 heavy (non-hydrogen) atoms. The summed E-state index contributed by atoms with van der Waals surface area (Å²) in [4.78, 5) is 44.7. The zero-order chi connectivity index (χ0) is 49.3. The summed E-state index contributed by atoms with van der Waals surface area (Å²) in [5, 5.41) is 21.3. The van der Waals surface area contributed by atoms with Gasteiger partial charge in [0.1, 0.15) is 41.2 Å². The summed E-state index contributed by atoms with van der Waals surface area (Å²) in [6.45, 7) is 8.51. The van der Waals surface area contributed by atoms with Crippen LogP contribution in [0.3, 0.4) is 0 Å². The molecular formula is C57H63F2N9O4. The highest BCUT2D eigenvalue weighted by Gasteiger charge is 2.51. The molecule has 6 aromatic rings. The number of nitrogens with zero attached hydrogens (tertiary/aromatic N) is 8. The first kappa shape index (κ1) is 47.0. The predicted octanol–water partition coefficient (Wildman–Crippen LogP) is 8.43. The molecule has 3 aromatic heterocycles. The number of aromatic hydroxyl groups is 1. The molecule has 2 saturated carbocycles. The van der Waals surface area contributed by atoms with Gasteiger partial charge in [0.25, 0.3) is 0 Å². The normalized spacial score (nSPS) is 22.6. The average Bonchev–Trinajstić information content (AvgIpc) is 3.96. The highest BCUT2D eigenvalue weighted by molar-refractivity contribution is 6.03. The Morgan fingerprint density at radius 2 is 1.72 bits per heavy atom. The number of halogens is 2. The van der Waals surface area contributed by atoms with Gasteiger partial charge in [-0.1, -0.05) is 24.1 Å². The van der Waals surface area contributed by atoms with Gasteiger partial charge < -0.3 is 39.4 Å². The minimum Gasteiger partial charge on any atom is -0.508 e. The van der Waals surface area contributed by atoms with E-state index in [1.54, 1.807) is 6.20 Å². The van der Waals surface area contributed by atoms with Crippen LogP contribution in [0, 0.1) is 40.7 Å². The Morgan fingerprint density at radius 1 is 0.944 bits per heavy atom. The molecule has 13 nitrogen and oxygen atoms in total. The first-order valence-corrected chi connectivity index (χ1v) is 26.2. The van der Waals surface area contributed by atoms with Crippen molar-refractivity contribution in [3.8, 4) is 35.4 Å². The lowest BCUT2D eigenvalue weighted by molar-refractivity contribution is -0.110. The maximum absolute atomic E-state index is 17.2. The van der Waals surface area contributed by atoms with E-state index in [9.17, 15) is 14.7 Å². The second-order valence-corrected chi connectivity index (χ2v) is 22.4. The van der Waals surface area contributed by atoms with Gasteiger partial charge in [-0.2, -0.15) is 15.1 Å². The summed E-state index contributed by atoms with van der Waals surface area (Å²) in [5.74, 6) is 2.44. The molecule has 374 valence electrons. The highest BCUT2D eigenvalue weighted by Crippen LogP contribution is 2.52. The first-order chi connectivity index (χ1) is 35.0. The SMILES string of the molecule is C#Cc1c(F)ccc2cc(O)cc(-c3ncc4c(N5CC6CCC(C5)N6)nc(OCC5(CN6CC7(CCC(CN8CCC(c9ccc%10c(C(C=O)CCC=O)nn(C)c%10c9)CC8)CC7)C6)CC5)nc4c3F)c12. The Hall–Kier alpha value is -6.08. The number of benzene rings is 3. The van der Waals surface area contributed by atoms with Crippen molar-refractivity contribution in [1.82, 2.24) is 39.8 Å². The number of piperazine rings is 1. The van der Waals surface area contributed by atoms with E-state index in [2.05, 4.69) is 49.1 Å². The Morgan fingerprint density at radius 3 is 2.44 bits per heavy atom. The number of nitrogens with one attached hydrogen (secondary N) is 1. The van der Waals surface area contributed by atoms with Crippen molar-refractivity contribution in [3.05, 3.63) is 77.1 Å². The number of aromatic nitrogens is 5. The molecule has 3 atom stereocenters. The Labute approximate surface area is 418 Å². The first-order valence-electron chi connectivity index (χ1n) is 26.2. The fourth-order valence-corrected chi connectivity index (χ4v) is 13.4. The van der Waals surface area contributed by atoms with Crippen LogP contribution in [-0.2, 0) is 16.6 Å². The molecule has 6 fully saturated rings. The van der Waals surface area contributed by atoms with Crippen molar-refractivity contribution >= 4 is 51.0 Å². The Kier molecular flexibility index (Phi) is 12.2. The lowest BCUT2D eigenvalue weighted by Gasteiger charge is -2.55. The van der Waals surface area contributed by atoms with Gasteiger partial charge in [0, 0.05) is 92.8 Å². The molecule has 7 heterocycles. The van der Waals surface area contributed by atoms with Crippen LogP contribution in [0.25, 0.3) is 43.8 Å². The van der Waals surface area contributed by atoms with Gasteiger partial charge in [0.05, 0.1) is 34.7 Å². The van der Waals surface area contributed by atoms with E-state index in [1.807, 2.05) is 11.7 Å². The van der Waals surface area contributed by atoms with Gasteiger partial charge in [-0.3, -0.25) is 9.67 Å². The molecule has 2 aliphatic carbocycles. The summed E-state index contributed by atoms with van der Waals surface area (Å²) in [6.07, 6.45) is 21.6. The van der Waals surface area contributed by atoms with Crippen molar-refractivity contribution in [2.24, 2.45) is 23.8 Å². The second kappa shape index (κ2) is 18.8. The predicted molar refractivity (Wildman–Crippen MR) is 273 cm³/mol. The Balaban J connectivity index is 0.672. The van der Waals surface area contributed by atoms with Gasteiger partial charge in [-0.15, -0.1) is 6.42 Å². The Bertz CT molecular complexity index is 3110. The second-order valence-electron chi connectivity index (χ2n) is 22.4. The molecule has 3 unspecified atom stereocenters. The van der Waals surface area contributed by atoms with Crippen molar-refractivity contribution in [1.29, 1.82) is 0 Å². The van der Waals surface area contributed by atoms with Crippen molar-refractivity contribution in [3.63, 3.8) is 0 Å². The van der Waals surface area contributed by atoms with Gasteiger partial charge in [0.2, 0.25) is 0 Å². The third kappa shape index (κ3) is 8.76. The number of ether oxygens (including phenoxy) is 1. The molecule has 15 heteroatoms. The van der Waals surface area contributed by atoms with Crippen LogP contribution in [0.1, 0.15) is 106 Å². The van der Waals surface area contributed by atoms with Crippen LogP contribution in [-0.4, -0.2) is 123 Å². The molecule has 2 bridgehead atoms. The van der Waals surface area contributed by atoms with Crippen molar-refractivity contribution < 1.29 is 28.2 Å². The van der Waals surface area contributed by atoms with Gasteiger partial charge >= 0.3 is 6.01 Å². The molecule has 2 N–H and O–H groups in total. The lowest BCUT2D eigenvalue weighted by atomic mass is 9.65. The smallest absolute Gasteiger partial charge is 0.319 e. The number of anilines is 1. The molecular weight excluding hydrogens is 913 g/mol. The maximum Gasteiger partial charge on any atom is 0.319 e. The van der Waals surface area contributed by atoms with Crippen molar-refractivity contribution in [2.45, 2.75) is 101 Å². The molecule has 0 radical (unpaired) electrons. The molecule has 1 spiro atoms. The summed E-state index contributed by atoms with van der Waals surface area (Å²) in [5.41, 5.74) is 3.69. The molecule has 12 rings (SSSR count). The number of terminal acetylenes is 1. The number of phenolic OH excluding ortho intramolecular Hbond substituents is 1. The van der Waals surface area contributed by atoms with E-state index in [0.717, 1.165) is 119 Å². The van der Waals surface area contributed by atoms with Gasteiger partial charge in [-0.25, -0.2) is 8.78 Å². The van der Waals surface area contributed by atoms with Crippen LogP contribution in [0.4, 0.5) is 14.6 Å². The van der Waals surface area contributed by atoms with E-state index < -0.39 is 11.6 Å². The quantitative estimate of drug-likeness (QED) is 0.0754. The van der Waals surface area contributed by atoms with E-state index >= 15 is 8.78 Å². The summed E-state index contributed by atoms with van der Waals surface area (Å²) in [7, 11) is 1.94. The number of pyridine rings is 1. The number of aryl methyl sites for hydroxylation is 1. The van der Waals surface area contributed by atoms with E-state index in [4.69, 9.17) is 26.2 Å². The largest absolute Gasteiger partial charge is 0.508 e. The van der Waals surface area contributed by atoms with E-state index in [-0.39, 0.29) is 45.4 Å². The molecule has 4 saturated heterocycles. The zero-order valence-corrected chi connectivity index (χ0v) is 41.1. The van der Waals surface area contributed by atoms with E-state index in [0.29, 0.717) is 64.8 Å². The number of rotatable bonds is 15. The molecule has 4 aliphatic heterocycles. The zero-order valence-electron chi connectivity index (χ0n) is 41.1. The molecule has 6 aliphatic rings. The maximum atomic E-state index is 17.2. The summed E-state index contributed by atoms with van der Waals surface area (Å²) < 4.78 is 40.6. The third-order valence-electron chi connectivity index (χ3n) is 17.5. The van der Waals surface area contributed by atoms with E-state index in [1.165, 1.54) is 62.1 Å². The minimum atomic E-state index is -0.712. The number of phenols is 1. The minimum absolute atomic E-state index is 0.000751. The highest BCUT2D eigenvalue weighted by atomic mass is 19.1. The van der Waals surface area contributed by atoms with Crippen LogP contribution < -0.4 is 15.0 Å². The third-order valence-corrected chi connectivity index (χ3v) is 17.5. The lowest BCUT2D eigenvalue weighted by Crippen LogP contribution is -2.59. The van der Waals surface area contributed by atoms with Crippen LogP contribution >= 0.6 is 0 Å². The summed E-state index contributed by atoms with van der Waals surface area (Å²) in [6, 6.07) is 13.0. The number of aldehydes is 2. The van der Waals surface area contributed by atoms with Crippen LogP contribution in [0.15, 0.2) is 48.7 Å². The average molecular weight is 976 g/mol. The number of fused-ring (bicyclic) bond motifs is 5. The van der Waals surface area contributed by atoms with Gasteiger partial charge in [0.15, 0.2) is 5.82 Å². The van der Waals surface area contributed by atoms with Crippen LogP contribution in [0.2, 0.25) is 0 Å². The number of hydrogen-bond acceptors (Lipinski definition) is 12. The topological polar surface area (TPSA) is 142 Å². The van der Waals surface area contributed by atoms with Crippen LogP contribution in [0.5, 0.6) is 11.8 Å². The standard InChI is InChI=1S/C57H63F2N9O4/c1-3-43-47(58)11-7-38-23-42(71)25-45(49(38)43)52-50(59)53-46(26-60-52)54(68-28-40-8-9-41(29-68)61-40)63-55(62-53)72-34-57(18-19-57)33-67-31-56(32-67)16-12-35(13-17-56)27-66-20-14-36(15-21-66)37-6-10-44-48(24-37)65(2)64-51(44)39(30-70)5-4-22-69/h1,6-7,10-11,22-26,30,35-36,39-41,61,71H,4-5,8-9,12-21,27-29,31-34H2,2H3. The fourth-order valence-electron chi connectivity index (χ4n) is 13.4. The number of hydrogen-bond donors (Lipinski definition) is 2. The summed E-state index contributed by atoms with van der Waals surface area (Å²) >= 11 is 0. The number of carbonyl (C=O) groups excluding carboxylic acids is 2. The van der Waals surface area contributed by atoms with Gasteiger partial charge in [-0.05, 0) is 136 Å². The fraction of sp³-hybridized carbons (Fsp3) is 0.509. The number of likely N-dealkylation sites (tertiary alicyclic amines) is 2. The monoisotopic (exact) mass is 975 g/mol. The number of carbonyl (C=O) groups is 2. The molecule has 3 aromatic carbocycles.